The Morgan fingerprint density at radius 3 is 3.05 bits per heavy atom. The van der Waals surface area contributed by atoms with E-state index >= 15 is 0 Å². The highest BCUT2D eigenvalue weighted by Gasteiger charge is 2.00. The Labute approximate surface area is 117 Å². The van der Waals surface area contributed by atoms with E-state index in [4.69, 9.17) is 16.3 Å². The molecule has 0 unspecified atom stereocenters. The number of aryl methyl sites for hydroxylation is 1. The van der Waals surface area contributed by atoms with Crippen LogP contribution < -0.4 is 4.74 Å². The maximum Gasteiger partial charge on any atom is 0.138 e. The smallest absolute Gasteiger partial charge is 0.138 e. The van der Waals surface area contributed by atoms with E-state index in [1.807, 2.05) is 23.9 Å². The summed E-state index contributed by atoms with van der Waals surface area (Å²) in [5.41, 5.74) is 1.93. The van der Waals surface area contributed by atoms with Crippen LogP contribution in [0.3, 0.4) is 0 Å². The highest BCUT2D eigenvalue weighted by atomic mass is 35.5. The summed E-state index contributed by atoms with van der Waals surface area (Å²) in [6.07, 6.45) is 5.94. The molecule has 0 N–H and O–H groups in total. The maximum absolute atomic E-state index is 5.65. The van der Waals surface area contributed by atoms with E-state index < -0.39 is 0 Å². The van der Waals surface area contributed by atoms with Gasteiger partial charge in [-0.2, -0.15) is 5.10 Å². The van der Waals surface area contributed by atoms with Gasteiger partial charge in [0.15, 0.2) is 0 Å². The van der Waals surface area contributed by atoms with E-state index in [1.165, 1.54) is 0 Å². The molecule has 0 spiro atoms. The fraction of sp³-hybridized carbons (Fsp3) is 0.286. The number of alkyl halides is 1. The summed E-state index contributed by atoms with van der Waals surface area (Å²) in [5.74, 6) is 6.72. The van der Waals surface area contributed by atoms with Crippen molar-refractivity contribution in [2.24, 2.45) is 7.05 Å². The first-order chi connectivity index (χ1) is 9.29. The van der Waals surface area contributed by atoms with E-state index in [0.717, 1.165) is 17.7 Å². The third-order valence-electron chi connectivity index (χ3n) is 2.56. The Morgan fingerprint density at radius 1 is 1.42 bits per heavy atom. The van der Waals surface area contributed by atoms with Crippen molar-refractivity contribution in [1.82, 2.24) is 14.8 Å². The number of halogens is 1. The van der Waals surface area contributed by atoms with Crippen molar-refractivity contribution in [2.45, 2.75) is 6.42 Å². The van der Waals surface area contributed by atoms with E-state index in [1.54, 1.807) is 18.6 Å². The lowest BCUT2D eigenvalue weighted by Crippen LogP contribution is -2.06. The first-order valence-corrected chi connectivity index (χ1v) is 6.42. The summed E-state index contributed by atoms with van der Waals surface area (Å²) in [5, 5.41) is 4.11. The molecule has 0 aliphatic rings. The predicted molar refractivity (Wildman–Crippen MR) is 74.2 cm³/mol. The average Bonchev–Trinajstić information content (AvgIpc) is 2.83. The molecule has 2 aromatic rings. The van der Waals surface area contributed by atoms with Crippen LogP contribution in [0.1, 0.15) is 11.3 Å². The van der Waals surface area contributed by atoms with Crippen molar-refractivity contribution in [2.75, 3.05) is 12.5 Å². The molecule has 0 radical (unpaired) electrons. The van der Waals surface area contributed by atoms with Crippen LogP contribution in [0.5, 0.6) is 5.75 Å². The Bertz CT molecular complexity index is 598. The minimum absolute atomic E-state index is 0.311. The van der Waals surface area contributed by atoms with Gasteiger partial charge < -0.3 is 4.74 Å². The van der Waals surface area contributed by atoms with Gasteiger partial charge in [0.25, 0.3) is 0 Å². The highest BCUT2D eigenvalue weighted by molar-refractivity contribution is 6.19. The molecule has 98 valence electrons. The Morgan fingerprint density at radius 2 is 2.32 bits per heavy atom. The molecule has 0 aliphatic carbocycles. The molecule has 0 bridgehead atoms. The Hall–Kier alpha value is -1.99. The first-order valence-electron chi connectivity index (χ1n) is 5.89. The van der Waals surface area contributed by atoms with E-state index in [9.17, 15) is 0 Å². The monoisotopic (exact) mass is 275 g/mol. The fourth-order valence-electron chi connectivity index (χ4n) is 1.62. The number of hydrogen-bond acceptors (Lipinski definition) is 3. The molecule has 2 rings (SSSR count). The zero-order chi connectivity index (χ0) is 13.5. The molecule has 2 aromatic heterocycles. The first kappa shape index (κ1) is 13.4. The number of hydrogen-bond donors (Lipinski definition) is 0. The van der Waals surface area contributed by atoms with Gasteiger partial charge in [-0.15, -0.1) is 11.6 Å². The van der Waals surface area contributed by atoms with Crippen molar-refractivity contribution < 1.29 is 4.74 Å². The van der Waals surface area contributed by atoms with Gasteiger partial charge in [0, 0.05) is 37.1 Å². The number of pyridine rings is 1. The summed E-state index contributed by atoms with van der Waals surface area (Å²) in [7, 11) is 1.92. The maximum atomic E-state index is 5.65. The molecule has 4 nitrogen and oxygen atoms in total. The van der Waals surface area contributed by atoms with Gasteiger partial charge in [-0.3, -0.25) is 9.67 Å². The highest BCUT2D eigenvalue weighted by Crippen LogP contribution is 2.11. The minimum atomic E-state index is 0.311. The quantitative estimate of drug-likeness (QED) is 0.633. The molecule has 5 heteroatoms. The molecule has 0 aliphatic heterocycles. The van der Waals surface area contributed by atoms with Gasteiger partial charge in [-0.05, 0) is 12.1 Å². The second-order valence-corrected chi connectivity index (χ2v) is 4.16. The fourth-order valence-corrected chi connectivity index (χ4v) is 1.69. The molecule has 0 saturated heterocycles. The zero-order valence-corrected chi connectivity index (χ0v) is 11.4. The van der Waals surface area contributed by atoms with Gasteiger partial charge in [0.2, 0.25) is 0 Å². The van der Waals surface area contributed by atoms with Crippen LogP contribution in [0.2, 0.25) is 0 Å². The van der Waals surface area contributed by atoms with E-state index in [0.29, 0.717) is 18.2 Å². The van der Waals surface area contributed by atoms with Crippen molar-refractivity contribution in [3.8, 4) is 17.6 Å². The van der Waals surface area contributed by atoms with Crippen LogP contribution >= 0.6 is 11.6 Å². The van der Waals surface area contributed by atoms with Crippen LogP contribution in [0, 0.1) is 11.8 Å². The van der Waals surface area contributed by atoms with Gasteiger partial charge in [-0.25, -0.2) is 0 Å². The molecule has 0 aromatic carbocycles. The molecule has 19 heavy (non-hydrogen) atoms. The van der Waals surface area contributed by atoms with Gasteiger partial charge in [0.05, 0.1) is 18.7 Å². The predicted octanol–water partition coefficient (Wildman–Crippen LogP) is 2.03. The van der Waals surface area contributed by atoms with Crippen molar-refractivity contribution in [1.29, 1.82) is 0 Å². The number of rotatable bonds is 4. The lowest BCUT2D eigenvalue weighted by Gasteiger charge is -2.06. The largest absolute Gasteiger partial charge is 0.492 e. The van der Waals surface area contributed by atoms with Crippen LogP contribution in [0.15, 0.2) is 30.7 Å². The van der Waals surface area contributed by atoms with Crippen molar-refractivity contribution in [3.05, 3.63) is 42.0 Å². The SMILES string of the molecule is Cn1nccc1CCOc1cncc(C#CCCl)c1. The summed E-state index contributed by atoms with van der Waals surface area (Å²) in [4.78, 5) is 4.08. The summed E-state index contributed by atoms with van der Waals surface area (Å²) < 4.78 is 7.49. The topological polar surface area (TPSA) is 39.9 Å². The third-order valence-corrected chi connectivity index (χ3v) is 2.70. The van der Waals surface area contributed by atoms with Crippen molar-refractivity contribution in [3.63, 3.8) is 0 Å². The lowest BCUT2D eigenvalue weighted by atomic mass is 10.3. The van der Waals surface area contributed by atoms with Gasteiger partial charge in [0.1, 0.15) is 5.75 Å². The van der Waals surface area contributed by atoms with E-state index in [-0.39, 0.29) is 0 Å². The third kappa shape index (κ3) is 4.01. The Balaban J connectivity index is 1.91. The van der Waals surface area contributed by atoms with Crippen LogP contribution in [-0.4, -0.2) is 27.3 Å². The summed E-state index contributed by atoms with van der Waals surface area (Å²) in [6, 6.07) is 3.83. The second-order valence-electron chi connectivity index (χ2n) is 3.89. The lowest BCUT2D eigenvalue weighted by molar-refractivity contribution is 0.317. The number of nitrogens with zero attached hydrogens (tertiary/aromatic N) is 3. The van der Waals surface area contributed by atoms with Gasteiger partial charge >= 0.3 is 0 Å². The van der Waals surface area contributed by atoms with Crippen LogP contribution in [-0.2, 0) is 13.5 Å². The van der Waals surface area contributed by atoms with Crippen LogP contribution in [0.4, 0.5) is 0 Å². The second kappa shape index (κ2) is 6.81. The molecule has 0 saturated carbocycles. The molecular weight excluding hydrogens is 262 g/mol. The van der Waals surface area contributed by atoms with Crippen molar-refractivity contribution >= 4 is 11.6 Å². The Kier molecular flexibility index (Phi) is 4.82. The van der Waals surface area contributed by atoms with Crippen LogP contribution in [0.25, 0.3) is 0 Å². The number of aromatic nitrogens is 3. The summed E-state index contributed by atoms with van der Waals surface area (Å²) in [6.45, 7) is 0.577. The standard InChI is InChI=1S/C14H14ClN3O/c1-18-13(4-7-17-18)5-8-19-14-9-12(3-2-6-15)10-16-11-14/h4,7,9-11H,5-6,8H2,1H3. The number of ether oxygens (including phenoxy) is 1. The molecular formula is C14H14ClN3O. The average molecular weight is 276 g/mol. The molecule has 0 amide bonds. The molecule has 0 atom stereocenters. The van der Waals surface area contributed by atoms with E-state index in [2.05, 4.69) is 21.9 Å². The molecule has 2 heterocycles. The van der Waals surface area contributed by atoms with Gasteiger partial charge in [-0.1, -0.05) is 11.8 Å². The minimum Gasteiger partial charge on any atom is -0.492 e. The zero-order valence-electron chi connectivity index (χ0n) is 10.6. The normalized spacial score (nSPS) is 9.79. The molecule has 0 fully saturated rings. The summed E-state index contributed by atoms with van der Waals surface area (Å²) >= 11 is 5.51.